The largest absolute Gasteiger partial charge is 0.508 e. The van der Waals surface area contributed by atoms with Crippen molar-refractivity contribution >= 4 is 5.97 Å². The monoisotopic (exact) mass is 410 g/mol. The summed E-state index contributed by atoms with van der Waals surface area (Å²) in [5, 5.41) is 27.9. The molecule has 0 amide bonds. The molecule has 0 aromatic heterocycles. The highest BCUT2D eigenvalue weighted by atomic mass is 16.6. The van der Waals surface area contributed by atoms with Gasteiger partial charge in [-0.25, -0.2) is 0 Å². The van der Waals surface area contributed by atoms with Gasteiger partial charge in [0.05, 0.1) is 19.8 Å². The molecule has 0 fully saturated rings. The molecule has 0 radical (unpaired) electrons. The summed E-state index contributed by atoms with van der Waals surface area (Å²) in [6.07, 6.45) is 9.55. The number of carbonyl (C=O) groups is 1. The third kappa shape index (κ3) is 11.1. The van der Waals surface area contributed by atoms with Crippen molar-refractivity contribution in [3.8, 4) is 11.5 Å². The van der Waals surface area contributed by atoms with Crippen molar-refractivity contribution in [1.82, 2.24) is 0 Å². The number of carbonyl (C=O) groups excluding carboxylic acids is 1. The van der Waals surface area contributed by atoms with Crippen LogP contribution in [0.5, 0.6) is 11.5 Å². The first-order valence-electron chi connectivity index (χ1n) is 11.0. The summed E-state index contributed by atoms with van der Waals surface area (Å²) in [6.45, 7) is 2.08. The van der Waals surface area contributed by atoms with E-state index in [2.05, 4.69) is 6.92 Å². The number of hydrogen-bond acceptors (Lipinski definition) is 6. The van der Waals surface area contributed by atoms with Gasteiger partial charge in [0.25, 0.3) is 0 Å². The molecular formula is C23H38O6. The second kappa shape index (κ2) is 16.1. The first kappa shape index (κ1) is 25.2. The molecule has 1 rings (SSSR count). The maximum Gasteiger partial charge on any atom is 0.306 e. The van der Waals surface area contributed by atoms with E-state index >= 15 is 0 Å². The van der Waals surface area contributed by atoms with Crippen molar-refractivity contribution in [2.45, 2.75) is 83.7 Å². The number of aliphatic hydroxyl groups excluding tert-OH is 2. The molecule has 0 atom stereocenters. The standard InChI is InChI=1S/C23H38O6/c1-2-3-4-8-12-20-21(26)13-11-14-22(20)28-16-10-7-5-6-9-15-23(27)29-19(17-24)18-25/h11,13-14,19,24-26H,2-10,12,15-18H2,1H3. The lowest BCUT2D eigenvalue weighted by atomic mass is 10.0. The van der Waals surface area contributed by atoms with Gasteiger partial charge in [-0.05, 0) is 37.8 Å². The highest BCUT2D eigenvalue weighted by Crippen LogP contribution is 2.29. The van der Waals surface area contributed by atoms with Crippen molar-refractivity contribution in [2.75, 3.05) is 19.8 Å². The zero-order valence-electron chi connectivity index (χ0n) is 17.8. The Kier molecular flexibility index (Phi) is 14.0. The fourth-order valence-electron chi connectivity index (χ4n) is 3.13. The van der Waals surface area contributed by atoms with Crippen LogP contribution < -0.4 is 4.74 Å². The Morgan fingerprint density at radius 2 is 1.66 bits per heavy atom. The van der Waals surface area contributed by atoms with Gasteiger partial charge < -0.3 is 24.8 Å². The fourth-order valence-corrected chi connectivity index (χ4v) is 3.13. The van der Waals surface area contributed by atoms with Crippen LogP contribution >= 0.6 is 0 Å². The molecule has 0 aliphatic carbocycles. The van der Waals surface area contributed by atoms with Crippen LogP contribution in [0.1, 0.15) is 76.7 Å². The minimum absolute atomic E-state index is 0.303. The Labute approximate surface area is 174 Å². The number of aliphatic hydroxyl groups is 2. The predicted octanol–water partition coefficient (Wildman–Crippen LogP) is 4.13. The molecule has 6 nitrogen and oxygen atoms in total. The van der Waals surface area contributed by atoms with Crippen molar-refractivity contribution in [2.24, 2.45) is 0 Å². The third-order valence-corrected chi connectivity index (χ3v) is 4.88. The number of phenolic OH excluding ortho intramolecular Hbond substituents is 1. The predicted molar refractivity (Wildman–Crippen MR) is 113 cm³/mol. The fraction of sp³-hybridized carbons (Fsp3) is 0.696. The Bertz CT molecular complexity index is 556. The van der Waals surface area contributed by atoms with Gasteiger partial charge >= 0.3 is 5.97 Å². The highest BCUT2D eigenvalue weighted by Gasteiger charge is 2.12. The molecule has 0 aliphatic heterocycles. The quantitative estimate of drug-likeness (QED) is 0.264. The van der Waals surface area contributed by atoms with Crippen molar-refractivity contribution < 1.29 is 29.6 Å². The number of esters is 1. The molecule has 166 valence electrons. The van der Waals surface area contributed by atoms with Gasteiger partial charge in [-0.3, -0.25) is 4.79 Å². The van der Waals surface area contributed by atoms with Gasteiger partial charge in [-0.15, -0.1) is 0 Å². The zero-order valence-corrected chi connectivity index (χ0v) is 17.8. The molecule has 1 aromatic rings. The second-order valence-corrected chi connectivity index (χ2v) is 7.41. The Hall–Kier alpha value is -1.79. The van der Waals surface area contributed by atoms with Crippen LogP contribution in [0.2, 0.25) is 0 Å². The van der Waals surface area contributed by atoms with E-state index in [1.54, 1.807) is 6.07 Å². The summed E-state index contributed by atoms with van der Waals surface area (Å²) in [4.78, 5) is 11.5. The topological polar surface area (TPSA) is 96.2 Å². The molecule has 0 bridgehead atoms. The zero-order chi connectivity index (χ0) is 21.3. The van der Waals surface area contributed by atoms with E-state index < -0.39 is 6.10 Å². The van der Waals surface area contributed by atoms with Gasteiger partial charge in [-0.1, -0.05) is 51.5 Å². The van der Waals surface area contributed by atoms with E-state index in [-0.39, 0.29) is 19.2 Å². The second-order valence-electron chi connectivity index (χ2n) is 7.41. The van der Waals surface area contributed by atoms with Crippen molar-refractivity contribution in [3.05, 3.63) is 23.8 Å². The van der Waals surface area contributed by atoms with E-state index in [1.807, 2.05) is 12.1 Å². The summed E-state index contributed by atoms with van der Waals surface area (Å²) in [5.74, 6) is 0.721. The minimum atomic E-state index is -0.811. The van der Waals surface area contributed by atoms with Crippen molar-refractivity contribution in [1.29, 1.82) is 0 Å². The molecule has 0 heterocycles. The van der Waals surface area contributed by atoms with Crippen LogP contribution in [0.4, 0.5) is 0 Å². The first-order valence-corrected chi connectivity index (χ1v) is 11.0. The van der Waals surface area contributed by atoms with Crippen LogP contribution in [-0.4, -0.2) is 47.2 Å². The molecule has 0 unspecified atom stereocenters. The maximum absolute atomic E-state index is 11.5. The van der Waals surface area contributed by atoms with Gasteiger partial charge in [0.1, 0.15) is 17.6 Å². The number of rotatable bonds is 17. The molecule has 0 saturated carbocycles. The van der Waals surface area contributed by atoms with Crippen LogP contribution in [-0.2, 0) is 16.0 Å². The summed E-state index contributed by atoms with van der Waals surface area (Å²) >= 11 is 0. The molecule has 0 saturated heterocycles. The Balaban J connectivity index is 2.17. The van der Waals surface area contributed by atoms with E-state index in [0.717, 1.165) is 56.3 Å². The SMILES string of the molecule is CCCCCCc1c(O)cccc1OCCCCCCCC(=O)OC(CO)CO. The van der Waals surface area contributed by atoms with Crippen molar-refractivity contribution in [3.63, 3.8) is 0 Å². The lowest BCUT2D eigenvalue weighted by Crippen LogP contribution is -2.25. The number of unbranched alkanes of at least 4 members (excludes halogenated alkanes) is 7. The minimum Gasteiger partial charge on any atom is -0.508 e. The van der Waals surface area contributed by atoms with Crippen LogP contribution in [0, 0.1) is 0 Å². The van der Waals surface area contributed by atoms with E-state index in [9.17, 15) is 9.90 Å². The lowest BCUT2D eigenvalue weighted by molar-refractivity contribution is -0.153. The number of ether oxygens (including phenoxy) is 2. The average molecular weight is 411 g/mol. The summed E-state index contributed by atoms with van der Waals surface area (Å²) < 4.78 is 10.8. The third-order valence-electron chi connectivity index (χ3n) is 4.88. The first-order chi connectivity index (χ1) is 14.1. The van der Waals surface area contributed by atoms with E-state index in [4.69, 9.17) is 19.7 Å². The number of aromatic hydroxyl groups is 1. The molecule has 0 spiro atoms. The molecule has 0 aliphatic rings. The summed E-state index contributed by atoms with van der Waals surface area (Å²) in [5.41, 5.74) is 0.908. The summed E-state index contributed by atoms with van der Waals surface area (Å²) in [7, 11) is 0. The van der Waals surface area contributed by atoms with Gasteiger partial charge in [0, 0.05) is 12.0 Å². The Morgan fingerprint density at radius 3 is 2.38 bits per heavy atom. The smallest absolute Gasteiger partial charge is 0.306 e. The summed E-state index contributed by atoms with van der Waals surface area (Å²) in [6, 6.07) is 5.46. The number of benzene rings is 1. The van der Waals surface area contributed by atoms with Gasteiger partial charge in [-0.2, -0.15) is 0 Å². The normalized spacial score (nSPS) is 11.0. The maximum atomic E-state index is 11.5. The van der Waals surface area contributed by atoms with Crippen LogP contribution in [0.15, 0.2) is 18.2 Å². The van der Waals surface area contributed by atoms with Gasteiger partial charge in [0.2, 0.25) is 0 Å². The number of phenols is 1. The number of hydrogen-bond donors (Lipinski definition) is 3. The Morgan fingerprint density at radius 1 is 0.966 bits per heavy atom. The van der Waals surface area contributed by atoms with E-state index in [1.165, 1.54) is 19.3 Å². The molecule has 6 heteroatoms. The van der Waals surface area contributed by atoms with Gasteiger partial charge in [0.15, 0.2) is 0 Å². The van der Waals surface area contributed by atoms with E-state index in [0.29, 0.717) is 18.8 Å². The molecule has 1 aromatic carbocycles. The molecular weight excluding hydrogens is 372 g/mol. The van der Waals surface area contributed by atoms with Crippen LogP contribution in [0.25, 0.3) is 0 Å². The highest BCUT2D eigenvalue weighted by molar-refractivity contribution is 5.69. The van der Waals surface area contributed by atoms with Crippen LogP contribution in [0.3, 0.4) is 0 Å². The molecule has 29 heavy (non-hydrogen) atoms. The molecule has 3 N–H and O–H groups in total. The average Bonchev–Trinajstić information content (AvgIpc) is 2.72. The lowest BCUT2D eigenvalue weighted by Gasteiger charge is -2.13.